The first-order valence-electron chi connectivity index (χ1n) is 41.4. The Bertz CT molecular complexity index is 6050. The fourth-order valence-electron chi connectivity index (χ4n) is 13.6. The summed E-state index contributed by atoms with van der Waals surface area (Å²) in [5.74, 6) is -1.91. The number of alkyl halides is 18. The summed E-state index contributed by atoms with van der Waals surface area (Å²) in [6.07, 6.45) is -25.0. The smallest absolute Gasteiger partial charge is 0.419 e. The molecule has 12 aromatic rings. The van der Waals surface area contributed by atoms with Crippen molar-refractivity contribution in [2.24, 2.45) is 0 Å². The lowest BCUT2D eigenvalue weighted by Crippen LogP contribution is -2.10. The number of hydrogen-bond acceptors (Lipinski definition) is 18. The van der Waals surface area contributed by atoms with E-state index in [1.807, 2.05) is 6.92 Å². The molecule has 0 N–H and O–H groups in total. The SMILES string of the molecule is CCc1cccc([N+](=O)[O-])c1COc1ccc(C)cc1C(F)(F)F.Cc1ccc(OCc2c(Br)cccc2[N+](=O)[O-])c(C(F)(F)F)c1.Cc1ccc(OCc2c(C)cccc2[N+](=O)[O-])c(C(F)(F)F)c1.Cc1ccc(OCc2c(C)cccc2[N+](=O)[O-])c(C(F)(F)F)c1.Cc1ccc(OCc2c(C3CC3)cccc2[N+](=O)[O-])c(C(F)(F)F)c1.Cc1ccc(OCc2c(Cl)cccc2[N+](=O)[O-])c(C(F)(F)F)c1. The van der Waals surface area contributed by atoms with Gasteiger partial charge < -0.3 is 28.4 Å². The lowest BCUT2D eigenvalue weighted by Gasteiger charge is -2.16. The molecule has 1 saturated carbocycles. The summed E-state index contributed by atoms with van der Waals surface area (Å²) in [5.41, 5.74) is 0.0924. The molecule has 748 valence electrons. The monoisotopic (exact) mass is 2070 g/mol. The van der Waals surface area contributed by atoms with Crippen LogP contribution >= 0.6 is 27.5 Å². The summed E-state index contributed by atoms with van der Waals surface area (Å²) in [6.45, 7) is 12.4. The first-order chi connectivity index (χ1) is 65.8. The minimum atomic E-state index is -4.59. The number of nitro benzene ring substituents is 6. The average molecular weight is 2080 g/mol. The molecule has 0 unspecified atom stereocenters. The van der Waals surface area contributed by atoms with Crippen LogP contribution in [-0.2, 0) is 83.1 Å². The van der Waals surface area contributed by atoms with Crippen molar-refractivity contribution in [3.63, 3.8) is 0 Å². The standard InChI is InChI=1S/C18H16F3NO3.C17H16F3NO3.2C16H14F3NO3.C15H11BrF3NO3.C15H11ClF3NO3/c1-11-5-8-17(15(9-11)18(19,20)21)25-10-14-13(12-6-7-12)3-2-4-16(14)22(23)24;1-3-12-5-4-6-15(21(22)23)13(12)10-24-16-8-7-11(2)9-14(16)17(18,19)20;2*1-10-6-7-15(13(8-10)16(17,18)19)23-9-12-11(2)4-3-5-14(12)20(21)22;2*1-9-5-6-14(11(7-9)15(17,18)19)23-8-10-12(16)3-2-4-13(10)20(21)22/h2-5,8-9,12H,6-7,10H2,1H3;4-9H,3,10H2,1-2H3;2*3-8H,9H2,1-2H3;2*2-7H,8H2,1H3. The molecule has 0 spiro atoms. The lowest BCUT2D eigenvalue weighted by atomic mass is 10.0. The number of benzene rings is 12. The van der Waals surface area contributed by atoms with E-state index in [-0.39, 0.29) is 129 Å². The Kier molecular flexibility index (Phi) is 37.9. The molecule has 1 aliphatic carbocycles. The van der Waals surface area contributed by atoms with Gasteiger partial charge >= 0.3 is 37.1 Å². The second kappa shape index (κ2) is 47.8. The minimum absolute atomic E-state index is 0.0212. The van der Waals surface area contributed by atoms with E-state index in [4.69, 9.17) is 40.0 Å². The van der Waals surface area contributed by atoms with Crippen LogP contribution in [0.25, 0.3) is 0 Å². The Hall–Kier alpha value is -14.7. The fraction of sp³-hybridized carbons (Fsp3) is 0.258. The molecule has 0 atom stereocenters. The molecule has 44 heteroatoms. The molecule has 0 saturated heterocycles. The van der Waals surface area contributed by atoms with E-state index < -0.39 is 112 Å². The van der Waals surface area contributed by atoms with Gasteiger partial charge in [-0.1, -0.05) is 165 Å². The number of ether oxygens (including phenoxy) is 6. The summed E-state index contributed by atoms with van der Waals surface area (Å²) in [4.78, 5) is 62.9. The zero-order valence-electron chi connectivity index (χ0n) is 75.3. The van der Waals surface area contributed by atoms with E-state index >= 15 is 0 Å². The maximum atomic E-state index is 13.2. The van der Waals surface area contributed by atoms with E-state index in [2.05, 4.69) is 15.9 Å². The topological polar surface area (TPSA) is 314 Å². The summed E-state index contributed by atoms with van der Waals surface area (Å²) >= 11 is 9.04. The Balaban J connectivity index is 0.000000207. The number of rotatable bonds is 26. The predicted octanol–water partition coefficient (Wildman–Crippen LogP) is 30.5. The molecular weight excluding hydrogens is 1990 g/mol. The van der Waals surface area contributed by atoms with Gasteiger partial charge in [-0.2, -0.15) is 79.0 Å². The maximum Gasteiger partial charge on any atom is 0.419 e. The van der Waals surface area contributed by atoms with Crippen LogP contribution in [0, 0.1) is 116 Å². The van der Waals surface area contributed by atoms with Crippen molar-refractivity contribution in [3.8, 4) is 34.5 Å². The lowest BCUT2D eigenvalue weighted by molar-refractivity contribution is -0.386. The average Bonchev–Trinajstić information content (AvgIpc) is 1.67. The van der Waals surface area contributed by atoms with Gasteiger partial charge in [-0.15, -0.1) is 0 Å². The zero-order valence-corrected chi connectivity index (χ0v) is 77.7. The molecule has 1 fully saturated rings. The van der Waals surface area contributed by atoms with Crippen molar-refractivity contribution in [3.05, 3.63) is 411 Å². The highest BCUT2D eigenvalue weighted by molar-refractivity contribution is 9.10. The maximum absolute atomic E-state index is 13.2. The van der Waals surface area contributed by atoms with Crippen LogP contribution in [0.15, 0.2) is 223 Å². The van der Waals surface area contributed by atoms with Gasteiger partial charge in [0.2, 0.25) is 0 Å². The van der Waals surface area contributed by atoms with Crippen LogP contribution in [0.1, 0.15) is 148 Å². The number of nitro groups is 6. The second-order valence-corrected chi connectivity index (χ2v) is 32.5. The van der Waals surface area contributed by atoms with Gasteiger partial charge in [-0.05, 0) is 188 Å². The Morgan fingerprint density at radius 3 is 0.787 bits per heavy atom. The van der Waals surface area contributed by atoms with Crippen LogP contribution in [0.4, 0.5) is 113 Å². The van der Waals surface area contributed by atoms with Gasteiger partial charge in [0.1, 0.15) is 74.1 Å². The van der Waals surface area contributed by atoms with Gasteiger partial charge in [0, 0.05) is 40.9 Å². The van der Waals surface area contributed by atoms with E-state index in [0.717, 1.165) is 54.8 Å². The van der Waals surface area contributed by atoms with Crippen LogP contribution in [0.2, 0.25) is 5.02 Å². The normalized spacial score (nSPS) is 11.9. The highest BCUT2D eigenvalue weighted by atomic mass is 79.9. The van der Waals surface area contributed by atoms with Gasteiger partial charge in [0.25, 0.3) is 34.1 Å². The predicted molar refractivity (Wildman–Crippen MR) is 485 cm³/mol. The van der Waals surface area contributed by atoms with Crippen LogP contribution in [0.5, 0.6) is 34.5 Å². The fourth-order valence-corrected chi connectivity index (χ4v) is 14.3. The van der Waals surface area contributed by atoms with Gasteiger partial charge in [0.15, 0.2) is 0 Å². The largest absolute Gasteiger partial charge is 0.488 e. The first-order valence-corrected chi connectivity index (χ1v) is 42.6. The van der Waals surface area contributed by atoms with Crippen molar-refractivity contribution in [2.45, 2.75) is 164 Å². The Morgan fingerprint density at radius 1 is 0.291 bits per heavy atom. The van der Waals surface area contributed by atoms with Gasteiger partial charge in [-0.3, -0.25) is 60.7 Å². The van der Waals surface area contributed by atoms with Crippen LogP contribution in [-0.4, -0.2) is 29.5 Å². The molecule has 0 bridgehead atoms. The molecule has 13 rings (SSSR count). The summed E-state index contributed by atoms with van der Waals surface area (Å²) in [6, 6.07) is 48.7. The molecule has 141 heavy (non-hydrogen) atoms. The van der Waals surface area contributed by atoms with Crippen LogP contribution in [0.3, 0.4) is 0 Å². The summed E-state index contributed by atoms with van der Waals surface area (Å²) in [5, 5.41) is 66.5. The Labute approximate surface area is 804 Å². The van der Waals surface area contributed by atoms with E-state index in [1.165, 1.54) is 153 Å². The van der Waals surface area contributed by atoms with E-state index in [0.29, 0.717) is 72.1 Å². The molecule has 0 amide bonds. The Morgan fingerprint density at radius 2 is 0.511 bits per heavy atom. The van der Waals surface area contributed by atoms with Crippen molar-refractivity contribution in [2.75, 3.05) is 0 Å². The number of aryl methyl sites for hydroxylation is 9. The van der Waals surface area contributed by atoms with E-state index in [1.54, 1.807) is 84.0 Å². The van der Waals surface area contributed by atoms with Crippen LogP contribution < -0.4 is 28.4 Å². The zero-order chi connectivity index (χ0) is 105. The second-order valence-electron chi connectivity index (χ2n) is 31.3. The quantitative estimate of drug-likeness (QED) is 0.0276. The van der Waals surface area contributed by atoms with Crippen molar-refractivity contribution >= 4 is 61.7 Å². The first kappa shape index (κ1) is 112. The molecule has 0 radical (unpaired) electrons. The summed E-state index contributed by atoms with van der Waals surface area (Å²) in [7, 11) is 0. The molecular formula is C97H82BrClF18N6O18. The van der Waals surface area contributed by atoms with Crippen molar-refractivity contribution in [1.82, 2.24) is 0 Å². The molecule has 0 aromatic heterocycles. The number of nitrogens with zero attached hydrogens (tertiary/aromatic N) is 6. The molecule has 24 nitrogen and oxygen atoms in total. The highest BCUT2D eigenvalue weighted by Crippen LogP contribution is 2.48. The molecule has 0 aliphatic heterocycles. The number of halogens is 20. The van der Waals surface area contributed by atoms with Crippen molar-refractivity contribution < 1.29 is 137 Å². The number of hydrogen-bond donors (Lipinski definition) is 0. The third-order valence-electron chi connectivity index (χ3n) is 20.8. The molecule has 1 aliphatic rings. The van der Waals surface area contributed by atoms with Crippen molar-refractivity contribution in [1.29, 1.82) is 0 Å². The third kappa shape index (κ3) is 31.4. The summed E-state index contributed by atoms with van der Waals surface area (Å²) < 4.78 is 267. The minimum Gasteiger partial charge on any atom is -0.488 e. The molecule has 12 aromatic carbocycles. The third-order valence-corrected chi connectivity index (χ3v) is 21.9. The van der Waals surface area contributed by atoms with E-state index in [9.17, 15) is 140 Å². The highest BCUT2D eigenvalue weighted by Gasteiger charge is 2.41. The van der Waals surface area contributed by atoms with Gasteiger partial charge in [0.05, 0.1) is 101 Å². The van der Waals surface area contributed by atoms with Gasteiger partial charge in [-0.25, -0.2) is 0 Å². The molecule has 0 heterocycles.